The molecule has 0 bridgehead atoms. The van der Waals surface area contributed by atoms with E-state index in [0.717, 1.165) is 13.1 Å². The molecule has 0 aromatic rings. The lowest BCUT2D eigenvalue weighted by Gasteiger charge is -2.34. The molecule has 0 fully saturated rings. The number of hydrogen-bond acceptors (Lipinski definition) is 5. The molecule has 0 saturated carbocycles. The summed E-state index contributed by atoms with van der Waals surface area (Å²) in [7, 11) is 4.91. The Morgan fingerprint density at radius 2 is 2.06 bits per heavy atom. The van der Waals surface area contributed by atoms with Gasteiger partial charge in [0.2, 0.25) is 0 Å². The molecule has 0 aromatic heterocycles. The van der Waals surface area contributed by atoms with Crippen molar-refractivity contribution in [1.29, 1.82) is 0 Å². The number of rotatable bonds is 9. The molecule has 18 heavy (non-hydrogen) atoms. The fourth-order valence-corrected chi connectivity index (χ4v) is 2.13. The quantitative estimate of drug-likeness (QED) is 0.624. The third-order valence-electron chi connectivity index (χ3n) is 3.50. The summed E-state index contributed by atoms with van der Waals surface area (Å²) in [6.45, 7) is 8.62. The molecule has 108 valence electrons. The fourth-order valence-electron chi connectivity index (χ4n) is 2.13. The Labute approximate surface area is 111 Å². The topological polar surface area (TPSA) is 50.8 Å². The van der Waals surface area contributed by atoms with Gasteiger partial charge in [0, 0.05) is 19.7 Å². The smallest absolute Gasteiger partial charge is 0.325 e. The van der Waals surface area contributed by atoms with E-state index in [2.05, 4.69) is 24.1 Å². The molecular formula is C13H28N2O3. The zero-order valence-electron chi connectivity index (χ0n) is 12.6. The second kappa shape index (κ2) is 8.45. The van der Waals surface area contributed by atoms with Crippen LogP contribution in [0, 0.1) is 0 Å². The molecule has 0 radical (unpaired) electrons. The second-order valence-corrected chi connectivity index (χ2v) is 4.75. The van der Waals surface area contributed by atoms with Gasteiger partial charge in [-0.3, -0.25) is 9.69 Å². The van der Waals surface area contributed by atoms with Crippen molar-refractivity contribution in [3.8, 4) is 0 Å². The van der Waals surface area contributed by atoms with E-state index in [1.165, 1.54) is 7.11 Å². The summed E-state index contributed by atoms with van der Waals surface area (Å²) in [5.74, 6) is -0.223. The van der Waals surface area contributed by atoms with Crippen LogP contribution in [-0.4, -0.2) is 63.4 Å². The minimum atomic E-state index is -0.644. The lowest BCUT2D eigenvalue weighted by atomic mass is 9.93. The van der Waals surface area contributed by atoms with Crippen LogP contribution in [0.2, 0.25) is 0 Å². The van der Waals surface area contributed by atoms with Crippen LogP contribution < -0.4 is 5.32 Å². The van der Waals surface area contributed by atoms with Gasteiger partial charge in [-0.2, -0.15) is 0 Å². The number of esters is 1. The number of nitrogens with one attached hydrogen (secondary N) is 1. The Hall–Kier alpha value is -0.650. The van der Waals surface area contributed by atoms with E-state index in [9.17, 15) is 4.79 Å². The first-order valence-corrected chi connectivity index (χ1v) is 6.45. The first kappa shape index (κ1) is 17.4. The highest BCUT2D eigenvalue weighted by Gasteiger charge is 2.35. The fraction of sp³-hybridized carbons (Fsp3) is 0.923. The highest BCUT2D eigenvalue weighted by Crippen LogP contribution is 2.17. The van der Waals surface area contributed by atoms with E-state index in [1.54, 1.807) is 14.2 Å². The molecule has 2 atom stereocenters. The Morgan fingerprint density at radius 1 is 1.44 bits per heavy atom. The van der Waals surface area contributed by atoms with Gasteiger partial charge in [-0.05, 0) is 33.9 Å². The highest BCUT2D eigenvalue weighted by molar-refractivity contribution is 5.80. The third-order valence-corrected chi connectivity index (χ3v) is 3.50. The number of methoxy groups -OCH3 is 2. The van der Waals surface area contributed by atoms with E-state index >= 15 is 0 Å². The molecule has 0 aliphatic heterocycles. The van der Waals surface area contributed by atoms with Crippen molar-refractivity contribution < 1.29 is 14.3 Å². The van der Waals surface area contributed by atoms with Crippen molar-refractivity contribution in [2.24, 2.45) is 0 Å². The summed E-state index contributed by atoms with van der Waals surface area (Å²) in [6.07, 6.45) is 0.702. The zero-order valence-corrected chi connectivity index (χ0v) is 12.6. The van der Waals surface area contributed by atoms with Crippen molar-refractivity contribution in [2.45, 2.75) is 38.8 Å². The van der Waals surface area contributed by atoms with Crippen molar-refractivity contribution in [3.63, 3.8) is 0 Å². The van der Waals surface area contributed by atoms with Gasteiger partial charge >= 0.3 is 5.97 Å². The van der Waals surface area contributed by atoms with E-state index in [1.807, 2.05) is 6.92 Å². The zero-order chi connectivity index (χ0) is 14.2. The predicted molar refractivity (Wildman–Crippen MR) is 72.7 cm³/mol. The van der Waals surface area contributed by atoms with Crippen LogP contribution >= 0.6 is 0 Å². The van der Waals surface area contributed by atoms with Crippen LogP contribution in [0.5, 0.6) is 0 Å². The van der Waals surface area contributed by atoms with Gasteiger partial charge in [0.1, 0.15) is 5.54 Å². The lowest BCUT2D eigenvalue weighted by molar-refractivity contribution is -0.148. The van der Waals surface area contributed by atoms with E-state index in [-0.39, 0.29) is 12.0 Å². The van der Waals surface area contributed by atoms with Gasteiger partial charge in [-0.1, -0.05) is 6.92 Å². The van der Waals surface area contributed by atoms with Crippen LogP contribution in [0.25, 0.3) is 0 Å². The second-order valence-electron chi connectivity index (χ2n) is 4.75. The van der Waals surface area contributed by atoms with E-state index in [4.69, 9.17) is 9.47 Å². The predicted octanol–water partition coefficient (Wildman–Crippen LogP) is 0.884. The number of hydrogen-bond donors (Lipinski definition) is 1. The number of carbonyl (C=O) groups excluding carboxylic acids is 1. The number of nitrogens with zero attached hydrogens (tertiary/aromatic N) is 1. The standard InChI is InChI=1S/C13H28N2O3/c1-7-15(8-9-17-5)11(2)10-13(3,14-4)12(16)18-6/h11,14H,7-10H2,1-6H3. The first-order valence-electron chi connectivity index (χ1n) is 6.45. The molecule has 0 rings (SSSR count). The maximum Gasteiger partial charge on any atom is 0.325 e. The Kier molecular flexibility index (Phi) is 8.15. The molecule has 0 aliphatic carbocycles. The van der Waals surface area contributed by atoms with Crippen molar-refractivity contribution in [3.05, 3.63) is 0 Å². The SMILES string of the molecule is CCN(CCOC)C(C)CC(C)(NC)C(=O)OC. The molecule has 0 saturated heterocycles. The average Bonchev–Trinajstić information content (AvgIpc) is 2.38. The minimum absolute atomic E-state index is 0.223. The van der Waals surface area contributed by atoms with Crippen molar-refractivity contribution in [2.75, 3.05) is 41.0 Å². The summed E-state index contributed by atoms with van der Waals surface area (Å²) in [5.41, 5.74) is -0.644. The van der Waals surface area contributed by atoms with Gasteiger partial charge in [0.15, 0.2) is 0 Å². The molecule has 0 heterocycles. The van der Waals surface area contributed by atoms with Crippen LogP contribution in [0.3, 0.4) is 0 Å². The summed E-state index contributed by atoms with van der Waals surface area (Å²) >= 11 is 0. The Bertz CT molecular complexity index is 248. The molecule has 0 amide bonds. The van der Waals surface area contributed by atoms with Crippen LogP contribution in [0.4, 0.5) is 0 Å². The molecule has 1 N–H and O–H groups in total. The summed E-state index contributed by atoms with van der Waals surface area (Å²) in [5, 5.41) is 3.06. The Balaban J connectivity index is 4.57. The lowest BCUT2D eigenvalue weighted by Crippen LogP contribution is -2.53. The van der Waals surface area contributed by atoms with E-state index < -0.39 is 5.54 Å². The van der Waals surface area contributed by atoms with Crippen LogP contribution in [-0.2, 0) is 14.3 Å². The largest absolute Gasteiger partial charge is 0.468 e. The van der Waals surface area contributed by atoms with Gasteiger partial charge in [-0.15, -0.1) is 0 Å². The summed E-state index contributed by atoms with van der Waals surface area (Å²) in [4.78, 5) is 14.1. The Morgan fingerprint density at radius 3 is 2.44 bits per heavy atom. The molecule has 5 nitrogen and oxygen atoms in total. The number of likely N-dealkylation sites (N-methyl/N-ethyl adjacent to an activating group) is 2. The maximum atomic E-state index is 11.8. The van der Waals surface area contributed by atoms with Gasteiger partial charge in [0.25, 0.3) is 0 Å². The molecule has 0 aliphatic rings. The highest BCUT2D eigenvalue weighted by atomic mass is 16.5. The third kappa shape index (κ3) is 4.92. The minimum Gasteiger partial charge on any atom is -0.468 e. The summed E-state index contributed by atoms with van der Waals surface area (Å²) < 4.78 is 9.96. The van der Waals surface area contributed by atoms with Crippen molar-refractivity contribution >= 4 is 5.97 Å². The number of carbonyl (C=O) groups is 1. The summed E-state index contributed by atoms with van der Waals surface area (Å²) in [6, 6.07) is 0.279. The number of ether oxygens (including phenoxy) is 2. The van der Waals surface area contributed by atoms with Crippen LogP contribution in [0.1, 0.15) is 27.2 Å². The molecule has 0 aromatic carbocycles. The molecule has 5 heteroatoms. The van der Waals surface area contributed by atoms with E-state index in [0.29, 0.717) is 13.0 Å². The normalized spacial score (nSPS) is 16.4. The monoisotopic (exact) mass is 260 g/mol. The van der Waals surface area contributed by atoms with Gasteiger partial charge in [0.05, 0.1) is 13.7 Å². The van der Waals surface area contributed by atoms with Crippen LogP contribution in [0.15, 0.2) is 0 Å². The first-order chi connectivity index (χ1) is 8.45. The van der Waals surface area contributed by atoms with Gasteiger partial charge < -0.3 is 14.8 Å². The maximum absolute atomic E-state index is 11.8. The molecular weight excluding hydrogens is 232 g/mol. The van der Waals surface area contributed by atoms with Crippen molar-refractivity contribution in [1.82, 2.24) is 10.2 Å². The molecule has 0 spiro atoms. The van der Waals surface area contributed by atoms with Gasteiger partial charge in [-0.25, -0.2) is 0 Å². The molecule has 2 unspecified atom stereocenters. The average molecular weight is 260 g/mol.